The molecule has 0 aliphatic heterocycles. The van der Waals surface area contributed by atoms with E-state index in [9.17, 15) is 9.90 Å². The molecular formula is C15H24N2O3. The number of rotatable bonds is 8. The molecule has 0 radical (unpaired) electrons. The second-order valence-corrected chi connectivity index (χ2v) is 5.33. The third kappa shape index (κ3) is 5.19. The SMILES string of the molecule is CCc1ccc(OCC(O)CNC(C)(C)C(N)=O)cc1. The van der Waals surface area contributed by atoms with Crippen LogP contribution in [0.4, 0.5) is 0 Å². The Morgan fingerprint density at radius 3 is 2.50 bits per heavy atom. The lowest BCUT2D eigenvalue weighted by atomic mass is 10.1. The average molecular weight is 280 g/mol. The average Bonchev–Trinajstić information content (AvgIpc) is 2.43. The van der Waals surface area contributed by atoms with Gasteiger partial charge in [0.2, 0.25) is 5.91 Å². The lowest BCUT2D eigenvalue weighted by molar-refractivity contribution is -0.123. The molecule has 0 aliphatic rings. The summed E-state index contributed by atoms with van der Waals surface area (Å²) in [4.78, 5) is 11.1. The van der Waals surface area contributed by atoms with E-state index in [-0.39, 0.29) is 13.2 Å². The Hall–Kier alpha value is -1.59. The van der Waals surface area contributed by atoms with Gasteiger partial charge >= 0.3 is 0 Å². The maximum absolute atomic E-state index is 11.1. The summed E-state index contributed by atoms with van der Waals surface area (Å²) in [6.45, 7) is 5.83. The molecular weight excluding hydrogens is 256 g/mol. The van der Waals surface area contributed by atoms with E-state index in [2.05, 4.69) is 12.2 Å². The zero-order valence-electron chi connectivity index (χ0n) is 12.3. The van der Waals surface area contributed by atoms with Gasteiger partial charge in [0.05, 0.1) is 5.54 Å². The number of β-amino-alcohol motifs (C(OH)–C–C–N with tert-alkyl or cyclic N) is 1. The highest BCUT2D eigenvalue weighted by molar-refractivity contribution is 5.83. The van der Waals surface area contributed by atoms with Crippen LogP contribution in [0.15, 0.2) is 24.3 Å². The van der Waals surface area contributed by atoms with Gasteiger partial charge in [-0.3, -0.25) is 4.79 Å². The summed E-state index contributed by atoms with van der Waals surface area (Å²) in [6, 6.07) is 7.75. The van der Waals surface area contributed by atoms with Crippen LogP contribution in [0.5, 0.6) is 5.75 Å². The molecule has 0 fully saturated rings. The number of hydrogen-bond donors (Lipinski definition) is 3. The number of aliphatic hydroxyl groups is 1. The van der Waals surface area contributed by atoms with Crippen LogP contribution in [-0.4, -0.2) is 35.8 Å². The molecule has 1 atom stereocenters. The predicted molar refractivity (Wildman–Crippen MR) is 78.6 cm³/mol. The van der Waals surface area contributed by atoms with E-state index in [0.717, 1.165) is 12.2 Å². The highest BCUT2D eigenvalue weighted by Crippen LogP contribution is 2.12. The van der Waals surface area contributed by atoms with Gasteiger partial charge in [0, 0.05) is 6.54 Å². The van der Waals surface area contributed by atoms with Crippen LogP contribution in [-0.2, 0) is 11.2 Å². The molecule has 0 saturated carbocycles. The number of aliphatic hydroxyl groups excluding tert-OH is 1. The van der Waals surface area contributed by atoms with E-state index < -0.39 is 17.6 Å². The van der Waals surface area contributed by atoms with Crippen molar-refractivity contribution in [1.29, 1.82) is 0 Å². The molecule has 0 aliphatic carbocycles. The van der Waals surface area contributed by atoms with Gasteiger partial charge in [0.15, 0.2) is 0 Å². The van der Waals surface area contributed by atoms with E-state index in [0.29, 0.717) is 0 Å². The molecule has 1 amide bonds. The molecule has 112 valence electrons. The first kappa shape index (κ1) is 16.5. The molecule has 0 saturated heterocycles. The zero-order valence-corrected chi connectivity index (χ0v) is 12.3. The van der Waals surface area contributed by atoms with Crippen molar-refractivity contribution in [2.24, 2.45) is 5.73 Å². The number of primary amides is 1. The normalized spacial score (nSPS) is 13.0. The van der Waals surface area contributed by atoms with Crippen LogP contribution in [0.25, 0.3) is 0 Å². The van der Waals surface area contributed by atoms with Crippen LogP contribution in [0.1, 0.15) is 26.3 Å². The van der Waals surface area contributed by atoms with Crippen LogP contribution in [0.2, 0.25) is 0 Å². The first-order valence-corrected chi connectivity index (χ1v) is 6.80. The summed E-state index contributed by atoms with van der Waals surface area (Å²) in [7, 11) is 0. The molecule has 1 aromatic carbocycles. The highest BCUT2D eigenvalue weighted by atomic mass is 16.5. The minimum atomic E-state index is -0.843. The van der Waals surface area contributed by atoms with Crippen molar-refractivity contribution in [2.45, 2.75) is 38.8 Å². The van der Waals surface area contributed by atoms with Crippen molar-refractivity contribution < 1.29 is 14.6 Å². The number of carbonyl (C=O) groups is 1. The maximum atomic E-state index is 11.1. The van der Waals surface area contributed by atoms with Gasteiger partial charge in [-0.05, 0) is 38.0 Å². The second kappa shape index (κ2) is 7.26. The van der Waals surface area contributed by atoms with Gasteiger partial charge < -0.3 is 20.9 Å². The smallest absolute Gasteiger partial charge is 0.237 e. The number of nitrogens with two attached hydrogens (primary N) is 1. The quantitative estimate of drug-likeness (QED) is 0.659. The van der Waals surface area contributed by atoms with Crippen molar-refractivity contribution in [3.63, 3.8) is 0 Å². The zero-order chi connectivity index (χ0) is 15.2. The number of nitrogens with one attached hydrogen (secondary N) is 1. The molecule has 4 N–H and O–H groups in total. The van der Waals surface area contributed by atoms with Gasteiger partial charge in [-0.1, -0.05) is 19.1 Å². The van der Waals surface area contributed by atoms with Gasteiger partial charge in [-0.2, -0.15) is 0 Å². The van der Waals surface area contributed by atoms with Crippen LogP contribution in [0, 0.1) is 0 Å². The first-order valence-electron chi connectivity index (χ1n) is 6.80. The number of carbonyl (C=O) groups excluding carboxylic acids is 1. The lowest BCUT2D eigenvalue weighted by Gasteiger charge is -2.24. The van der Waals surface area contributed by atoms with E-state index in [1.807, 2.05) is 24.3 Å². The Morgan fingerprint density at radius 1 is 1.40 bits per heavy atom. The molecule has 5 nitrogen and oxygen atoms in total. The molecule has 1 rings (SSSR count). The second-order valence-electron chi connectivity index (χ2n) is 5.33. The number of hydrogen-bond acceptors (Lipinski definition) is 4. The summed E-state index contributed by atoms with van der Waals surface area (Å²) in [5.74, 6) is 0.260. The number of benzene rings is 1. The van der Waals surface area contributed by atoms with E-state index in [1.165, 1.54) is 5.56 Å². The topological polar surface area (TPSA) is 84.6 Å². The van der Waals surface area contributed by atoms with E-state index in [4.69, 9.17) is 10.5 Å². The monoisotopic (exact) mass is 280 g/mol. The fraction of sp³-hybridized carbons (Fsp3) is 0.533. The third-order valence-electron chi connectivity index (χ3n) is 3.17. The standard InChI is InChI=1S/C15H24N2O3/c1-4-11-5-7-13(8-6-11)20-10-12(18)9-17-15(2,3)14(16)19/h5-8,12,17-18H,4,9-10H2,1-3H3,(H2,16,19). The van der Waals surface area contributed by atoms with Crippen LogP contribution >= 0.6 is 0 Å². The van der Waals surface area contributed by atoms with Crippen molar-refractivity contribution >= 4 is 5.91 Å². The largest absolute Gasteiger partial charge is 0.491 e. The van der Waals surface area contributed by atoms with Crippen LogP contribution < -0.4 is 15.8 Å². The van der Waals surface area contributed by atoms with Crippen LogP contribution in [0.3, 0.4) is 0 Å². The van der Waals surface area contributed by atoms with Gasteiger partial charge in [0.1, 0.15) is 18.5 Å². The Kier molecular flexibility index (Phi) is 5.98. The molecule has 0 spiro atoms. The molecule has 0 bridgehead atoms. The molecule has 0 aromatic heterocycles. The summed E-state index contributed by atoms with van der Waals surface area (Å²) in [5, 5.41) is 12.7. The Morgan fingerprint density at radius 2 is 2.00 bits per heavy atom. The summed E-state index contributed by atoms with van der Waals surface area (Å²) in [6.07, 6.45) is 0.272. The molecule has 5 heteroatoms. The van der Waals surface area contributed by atoms with Crippen molar-refractivity contribution in [3.05, 3.63) is 29.8 Å². The summed E-state index contributed by atoms with van der Waals surface area (Å²) >= 11 is 0. The minimum absolute atomic E-state index is 0.160. The number of aryl methyl sites for hydroxylation is 1. The van der Waals surface area contributed by atoms with E-state index in [1.54, 1.807) is 13.8 Å². The van der Waals surface area contributed by atoms with Gasteiger partial charge in [0.25, 0.3) is 0 Å². The Bertz CT molecular complexity index is 429. The Labute approximate surface area is 120 Å². The summed E-state index contributed by atoms with van der Waals surface area (Å²) < 4.78 is 5.49. The van der Waals surface area contributed by atoms with E-state index >= 15 is 0 Å². The van der Waals surface area contributed by atoms with Crippen molar-refractivity contribution in [2.75, 3.05) is 13.2 Å². The fourth-order valence-electron chi connectivity index (χ4n) is 1.53. The molecule has 1 aromatic rings. The number of ether oxygens (including phenoxy) is 1. The maximum Gasteiger partial charge on any atom is 0.237 e. The Balaban J connectivity index is 2.35. The van der Waals surface area contributed by atoms with Gasteiger partial charge in [-0.25, -0.2) is 0 Å². The lowest BCUT2D eigenvalue weighted by Crippen LogP contribution is -2.53. The highest BCUT2D eigenvalue weighted by Gasteiger charge is 2.24. The third-order valence-corrected chi connectivity index (χ3v) is 3.17. The van der Waals surface area contributed by atoms with Gasteiger partial charge in [-0.15, -0.1) is 0 Å². The van der Waals surface area contributed by atoms with Crippen molar-refractivity contribution in [3.8, 4) is 5.75 Å². The molecule has 1 unspecified atom stereocenters. The predicted octanol–water partition coefficient (Wildman–Crippen LogP) is 0.842. The minimum Gasteiger partial charge on any atom is -0.491 e. The number of amides is 1. The summed E-state index contributed by atoms with van der Waals surface area (Å²) in [5.41, 5.74) is 5.63. The first-order chi connectivity index (χ1) is 9.35. The molecule has 20 heavy (non-hydrogen) atoms. The molecule has 0 heterocycles. The van der Waals surface area contributed by atoms with Crippen molar-refractivity contribution in [1.82, 2.24) is 5.32 Å². The fourth-order valence-corrected chi connectivity index (χ4v) is 1.53.